The fourth-order valence-corrected chi connectivity index (χ4v) is 3.31. The maximum absolute atomic E-state index is 9.93. The molecule has 2 heterocycles. The lowest BCUT2D eigenvalue weighted by Gasteiger charge is -2.34. The lowest BCUT2D eigenvalue weighted by Crippen LogP contribution is -2.51. The largest absolute Gasteiger partial charge is 0.389 e. The van der Waals surface area contributed by atoms with Crippen molar-refractivity contribution < 1.29 is 9.63 Å². The van der Waals surface area contributed by atoms with Crippen molar-refractivity contribution in [2.45, 2.75) is 44.5 Å². The highest BCUT2D eigenvalue weighted by Gasteiger charge is 2.29. The van der Waals surface area contributed by atoms with Crippen LogP contribution in [0.2, 0.25) is 0 Å². The van der Waals surface area contributed by atoms with E-state index in [4.69, 9.17) is 15.7 Å². The van der Waals surface area contributed by atoms with Crippen LogP contribution in [0.1, 0.15) is 24.6 Å². The molecule has 3 rings (SSSR count). The highest BCUT2D eigenvalue weighted by Crippen LogP contribution is 2.23. The summed E-state index contributed by atoms with van der Waals surface area (Å²) in [5.74, 6) is 0.724. The molecule has 144 valence electrons. The summed E-state index contributed by atoms with van der Waals surface area (Å²) in [6.07, 6.45) is 6.72. The molecule has 0 saturated heterocycles. The van der Waals surface area contributed by atoms with Gasteiger partial charge in [0.25, 0.3) is 0 Å². The van der Waals surface area contributed by atoms with Gasteiger partial charge in [0, 0.05) is 43.0 Å². The van der Waals surface area contributed by atoms with Gasteiger partial charge in [-0.3, -0.25) is 0 Å². The standard InChI is InChI=1S/C20H27N5O2/c1-14(26)20-23-9-10-25(20)18(13-22)11-17-12-19(27-24-17)16-6-4-15(5-7-16)3-2-8-21/h4-10,12,14,18,20-21,23,26H,2-3,11,13,22H2,1H3. The van der Waals surface area contributed by atoms with Crippen molar-refractivity contribution in [3.05, 3.63) is 54.0 Å². The van der Waals surface area contributed by atoms with Crippen molar-refractivity contribution in [3.8, 4) is 11.3 Å². The number of benzene rings is 1. The normalized spacial score (nSPS) is 18.3. The van der Waals surface area contributed by atoms with Gasteiger partial charge < -0.3 is 31.0 Å². The van der Waals surface area contributed by atoms with Gasteiger partial charge in [0.05, 0.1) is 11.8 Å². The average molecular weight is 369 g/mol. The Morgan fingerprint density at radius 2 is 2.19 bits per heavy atom. The van der Waals surface area contributed by atoms with Gasteiger partial charge in [-0.25, -0.2) is 0 Å². The SMILES string of the molecule is CC(O)C1NC=CN1C(CN)Cc1cc(-c2ccc(CCC=N)cc2)on1. The molecule has 1 aliphatic heterocycles. The molecule has 3 unspecified atom stereocenters. The summed E-state index contributed by atoms with van der Waals surface area (Å²) >= 11 is 0. The molecule has 0 radical (unpaired) electrons. The molecule has 0 amide bonds. The fraction of sp³-hybridized carbons (Fsp3) is 0.400. The first-order valence-electron chi connectivity index (χ1n) is 9.24. The second-order valence-electron chi connectivity index (χ2n) is 6.83. The number of hydrogen-bond donors (Lipinski definition) is 4. The smallest absolute Gasteiger partial charge is 0.167 e. The maximum Gasteiger partial charge on any atom is 0.167 e. The number of hydrogen-bond acceptors (Lipinski definition) is 7. The molecular weight excluding hydrogens is 342 g/mol. The Hall–Kier alpha value is -2.64. The van der Waals surface area contributed by atoms with Crippen molar-refractivity contribution in [1.82, 2.24) is 15.4 Å². The van der Waals surface area contributed by atoms with Crippen LogP contribution in [-0.2, 0) is 12.8 Å². The monoisotopic (exact) mass is 369 g/mol. The molecule has 1 aliphatic rings. The minimum Gasteiger partial charge on any atom is -0.389 e. The zero-order chi connectivity index (χ0) is 19.2. The van der Waals surface area contributed by atoms with E-state index in [9.17, 15) is 5.11 Å². The Morgan fingerprint density at radius 1 is 1.41 bits per heavy atom. The van der Waals surface area contributed by atoms with E-state index in [1.165, 1.54) is 11.8 Å². The van der Waals surface area contributed by atoms with E-state index < -0.39 is 6.10 Å². The second-order valence-corrected chi connectivity index (χ2v) is 6.83. The predicted molar refractivity (Wildman–Crippen MR) is 105 cm³/mol. The first kappa shape index (κ1) is 19.1. The number of aryl methyl sites for hydroxylation is 1. The number of rotatable bonds is 9. The molecule has 0 bridgehead atoms. The third-order valence-corrected chi connectivity index (χ3v) is 4.81. The van der Waals surface area contributed by atoms with Crippen LogP contribution < -0.4 is 11.1 Å². The Kier molecular flexibility index (Phi) is 6.26. The van der Waals surface area contributed by atoms with Crippen LogP contribution in [0, 0.1) is 5.41 Å². The van der Waals surface area contributed by atoms with Gasteiger partial charge in [0.1, 0.15) is 6.17 Å². The fourth-order valence-electron chi connectivity index (χ4n) is 3.31. The molecule has 5 N–H and O–H groups in total. The molecule has 27 heavy (non-hydrogen) atoms. The molecule has 2 aromatic rings. The third-order valence-electron chi connectivity index (χ3n) is 4.81. The molecule has 7 nitrogen and oxygen atoms in total. The second kappa shape index (κ2) is 8.83. The zero-order valence-electron chi connectivity index (χ0n) is 15.5. The van der Waals surface area contributed by atoms with Gasteiger partial charge in [0.15, 0.2) is 5.76 Å². The van der Waals surface area contributed by atoms with Crippen molar-refractivity contribution in [2.75, 3.05) is 6.54 Å². The van der Waals surface area contributed by atoms with Crippen molar-refractivity contribution in [3.63, 3.8) is 0 Å². The molecule has 0 fully saturated rings. The van der Waals surface area contributed by atoms with E-state index in [1.807, 2.05) is 35.5 Å². The minimum absolute atomic E-state index is 0.0114. The molecule has 1 aromatic carbocycles. The number of nitrogens with one attached hydrogen (secondary N) is 2. The minimum atomic E-state index is -0.520. The summed E-state index contributed by atoms with van der Waals surface area (Å²) in [5, 5.41) is 24.4. The Bertz CT molecular complexity index is 769. The third kappa shape index (κ3) is 4.56. The Balaban J connectivity index is 1.67. The Morgan fingerprint density at radius 3 is 2.85 bits per heavy atom. The van der Waals surface area contributed by atoms with Gasteiger partial charge in [-0.05, 0) is 31.5 Å². The van der Waals surface area contributed by atoms with Crippen LogP contribution in [0.3, 0.4) is 0 Å². The van der Waals surface area contributed by atoms with Gasteiger partial charge in [-0.1, -0.05) is 29.4 Å². The lowest BCUT2D eigenvalue weighted by atomic mass is 10.0. The summed E-state index contributed by atoms with van der Waals surface area (Å²) < 4.78 is 5.53. The zero-order valence-corrected chi connectivity index (χ0v) is 15.5. The number of nitrogens with two attached hydrogens (primary N) is 1. The Labute approximate surface area is 159 Å². The highest BCUT2D eigenvalue weighted by molar-refractivity contribution is 5.58. The summed E-state index contributed by atoms with van der Waals surface area (Å²) in [6.45, 7) is 2.20. The average Bonchev–Trinajstić information content (AvgIpc) is 3.34. The number of aliphatic hydroxyl groups excluding tert-OH is 1. The molecule has 7 heteroatoms. The molecule has 0 spiro atoms. The van der Waals surface area contributed by atoms with E-state index in [0.717, 1.165) is 29.9 Å². The molecule has 0 saturated carbocycles. The summed E-state index contributed by atoms with van der Waals surface area (Å²) in [6, 6.07) is 10.1. The molecule has 3 atom stereocenters. The number of aliphatic hydroxyl groups is 1. The number of aromatic nitrogens is 1. The van der Waals surface area contributed by atoms with E-state index in [0.29, 0.717) is 13.0 Å². The summed E-state index contributed by atoms with van der Waals surface area (Å²) in [7, 11) is 0. The number of nitrogens with zero attached hydrogens (tertiary/aromatic N) is 2. The van der Waals surface area contributed by atoms with Crippen LogP contribution in [0.5, 0.6) is 0 Å². The van der Waals surface area contributed by atoms with Crippen molar-refractivity contribution >= 4 is 6.21 Å². The topological polar surface area (TPSA) is 111 Å². The van der Waals surface area contributed by atoms with Crippen molar-refractivity contribution in [2.24, 2.45) is 5.73 Å². The van der Waals surface area contributed by atoms with E-state index in [2.05, 4.69) is 22.6 Å². The van der Waals surface area contributed by atoms with Crippen LogP contribution in [0.15, 0.2) is 47.3 Å². The van der Waals surface area contributed by atoms with Crippen LogP contribution in [-0.4, -0.2) is 46.2 Å². The first-order chi connectivity index (χ1) is 13.1. The molecule has 0 aliphatic carbocycles. The maximum atomic E-state index is 9.93. The van der Waals surface area contributed by atoms with Gasteiger partial charge in [-0.2, -0.15) is 0 Å². The van der Waals surface area contributed by atoms with Gasteiger partial charge >= 0.3 is 0 Å². The van der Waals surface area contributed by atoms with E-state index >= 15 is 0 Å². The van der Waals surface area contributed by atoms with Crippen LogP contribution >= 0.6 is 0 Å². The molecular formula is C20H27N5O2. The quantitative estimate of drug-likeness (QED) is 0.502. The highest BCUT2D eigenvalue weighted by atomic mass is 16.5. The predicted octanol–water partition coefficient (Wildman–Crippen LogP) is 1.88. The van der Waals surface area contributed by atoms with Crippen LogP contribution in [0.4, 0.5) is 0 Å². The van der Waals surface area contributed by atoms with Crippen molar-refractivity contribution in [1.29, 1.82) is 5.41 Å². The van der Waals surface area contributed by atoms with E-state index in [1.54, 1.807) is 6.92 Å². The van der Waals surface area contributed by atoms with E-state index in [-0.39, 0.29) is 12.2 Å². The van der Waals surface area contributed by atoms with Gasteiger partial charge in [-0.15, -0.1) is 0 Å². The first-order valence-corrected chi connectivity index (χ1v) is 9.24. The molecule has 1 aromatic heterocycles. The van der Waals surface area contributed by atoms with Gasteiger partial charge in [0.2, 0.25) is 0 Å². The summed E-state index contributed by atoms with van der Waals surface area (Å²) in [4.78, 5) is 2.04. The van der Waals surface area contributed by atoms with Crippen LogP contribution in [0.25, 0.3) is 11.3 Å². The summed E-state index contributed by atoms with van der Waals surface area (Å²) in [5.41, 5.74) is 8.98. The lowest BCUT2D eigenvalue weighted by molar-refractivity contribution is 0.0661.